The molecule has 4 nitrogen and oxygen atoms in total. The van der Waals surface area contributed by atoms with Gasteiger partial charge in [-0.3, -0.25) is 4.79 Å². The van der Waals surface area contributed by atoms with Crippen molar-refractivity contribution in [1.29, 1.82) is 0 Å². The van der Waals surface area contributed by atoms with Crippen LogP contribution in [0.4, 0.5) is 0 Å². The van der Waals surface area contributed by atoms with Crippen molar-refractivity contribution in [2.45, 2.75) is 12.5 Å². The van der Waals surface area contributed by atoms with Crippen LogP contribution in [0.5, 0.6) is 0 Å². The molecule has 84 valence electrons. The van der Waals surface area contributed by atoms with Gasteiger partial charge >= 0.3 is 5.97 Å². The number of carbonyl (C=O) groups excluding carboxylic acids is 1. The van der Waals surface area contributed by atoms with Crippen LogP contribution in [0.25, 0.3) is 6.08 Å². The molecule has 0 amide bonds. The molecule has 1 atom stereocenters. The maximum Gasteiger partial charge on any atom is 0.343 e. The number of aliphatic hydroxyl groups is 1. The summed E-state index contributed by atoms with van der Waals surface area (Å²) in [5.41, 5.74) is -1.61. The average Bonchev–Trinajstić information content (AvgIpc) is 2.27. The molecule has 0 spiro atoms. The Bertz CT molecular complexity index is 418. The largest absolute Gasteiger partial charge is 0.479 e. The lowest BCUT2D eigenvalue weighted by atomic mass is 10.0. The van der Waals surface area contributed by atoms with Gasteiger partial charge < -0.3 is 10.2 Å². The zero-order valence-electron chi connectivity index (χ0n) is 8.75. The van der Waals surface area contributed by atoms with E-state index >= 15 is 0 Å². The Labute approximate surface area is 92.8 Å². The normalized spacial score (nSPS) is 14.6. The summed E-state index contributed by atoms with van der Waals surface area (Å²) < 4.78 is 0. The Morgan fingerprint density at radius 2 is 1.81 bits per heavy atom. The maximum absolute atomic E-state index is 11.4. The number of carboxylic acids is 1. The van der Waals surface area contributed by atoms with Crippen molar-refractivity contribution in [3.63, 3.8) is 0 Å². The molecule has 0 radical (unpaired) electrons. The van der Waals surface area contributed by atoms with Crippen LogP contribution in [0.1, 0.15) is 12.5 Å². The number of ketones is 1. The van der Waals surface area contributed by atoms with Crippen molar-refractivity contribution < 1.29 is 19.8 Å². The van der Waals surface area contributed by atoms with Crippen molar-refractivity contribution >= 4 is 17.8 Å². The van der Waals surface area contributed by atoms with E-state index in [0.29, 0.717) is 0 Å². The summed E-state index contributed by atoms with van der Waals surface area (Å²) in [4.78, 5) is 21.9. The molecule has 0 heterocycles. The highest BCUT2D eigenvalue weighted by atomic mass is 16.4. The molecule has 1 unspecified atom stereocenters. The first kappa shape index (κ1) is 12.1. The highest BCUT2D eigenvalue weighted by Crippen LogP contribution is 2.08. The number of carboxylic acid groups (broad SMARTS) is 1. The van der Waals surface area contributed by atoms with Gasteiger partial charge in [-0.2, -0.15) is 0 Å². The average molecular weight is 220 g/mol. The third kappa shape index (κ3) is 2.77. The Morgan fingerprint density at radius 3 is 2.31 bits per heavy atom. The molecule has 1 aromatic rings. The van der Waals surface area contributed by atoms with E-state index in [1.807, 2.05) is 6.07 Å². The quantitative estimate of drug-likeness (QED) is 0.588. The van der Waals surface area contributed by atoms with E-state index in [0.717, 1.165) is 18.6 Å². The lowest BCUT2D eigenvalue weighted by molar-refractivity contribution is -0.161. The van der Waals surface area contributed by atoms with E-state index in [4.69, 9.17) is 5.11 Å². The van der Waals surface area contributed by atoms with Gasteiger partial charge in [0.05, 0.1) is 0 Å². The molecule has 2 N–H and O–H groups in total. The molecule has 0 saturated heterocycles. The van der Waals surface area contributed by atoms with Gasteiger partial charge in [0.25, 0.3) is 0 Å². The summed E-state index contributed by atoms with van der Waals surface area (Å²) in [7, 11) is 0. The first-order chi connectivity index (χ1) is 7.44. The van der Waals surface area contributed by atoms with E-state index in [1.54, 1.807) is 24.3 Å². The molecule has 0 saturated carbocycles. The Kier molecular flexibility index (Phi) is 3.58. The van der Waals surface area contributed by atoms with Crippen LogP contribution in [0, 0.1) is 0 Å². The molecule has 0 bridgehead atoms. The van der Waals surface area contributed by atoms with Crippen LogP contribution < -0.4 is 0 Å². The van der Waals surface area contributed by atoms with E-state index in [1.165, 1.54) is 6.08 Å². The maximum atomic E-state index is 11.4. The van der Waals surface area contributed by atoms with Crippen molar-refractivity contribution in [2.75, 3.05) is 0 Å². The fraction of sp³-hybridized carbons (Fsp3) is 0.167. The minimum Gasteiger partial charge on any atom is -0.479 e. The SMILES string of the molecule is CC(O)(C(=O)O)C(=O)C=Cc1ccccc1. The topological polar surface area (TPSA) is 74.6 Å². The molecule has 1 aromatic carbocycles. The first-order valence-corrected chi connectivity index (χ1v) is 4.68. The van der Waals surface area contributed by atoms with Gasteiger partial charge in [-0.15, -0.1) is 0 Å². The molecule has 0 aliphatic heterocycles. The van der Waals surface area contributed by atoms with Crippen LogP contribution in [0.2, 0.25) is 0 Å². The predicted octanol–water partition coefficient (Wildman–Crippen LogP) is 1.10. The summed E-state index contributed by atoms with van der Waals surface area (Å²) in [5.74, 6) is -2.42. The molecule has 0 aliphatic carbocycles. The standard InChI is InChI=1S/C12H12O4/c1-12(16,11(14)15)10(13)8-7-9-5-3-2-4-6-9/h2-8,16H,1H3,(H,14,15). The number of hydrogen-bond donors (Lipinski definition) is 2. The lowest BCUT2D eigenvalue weighted by Crippen LogP contribution is -2.42. The van der Waals surface area contributed by atoms with Crippen LogP contribution in [-0.2, 0) is 9.59 Å². The highest BCUT2D eigenvalue weighted by Gasteiger charge is 2.36. The van der Waals surface area contributed by atoms with Crippen molar-refractivity contribution in [2.24, 2.45) is 0 Å². The second-order valence-corrected chi connectivity index (χ2v) is 3.49. The first-order valence-electron chi connectivity index (χ1n) is 4.68. The van der Waals surface area contributed by atoms with Gasteiger partial charge in [0.15, 0.2) is 5.78 Å². The van der Waals surface area contributed by atoms with Crippen LogP contribution in [-0.4, -0.2) is 27.6 Å². The molecule has 1 rings (SSSR count). The monoisotopic (exact) mass is 220 g/mol. The summed E-state index contributed by atoms with van der Waals surface area (Å²) in [6.07, 6.45) is 2.52. The summed E-state index contributed by atoms with van der Waals surface area (Å²) in [5, 5.41) is 17.9. The molecule has 0 fully saturated rings. The lowest BCUT2D eigenvalue weighted by Gasteiger charge is -2.13. The molecular formula is C12H12O4. The zero-order valence-corrected chi connectivity index (χ0v) is 8.75. The Balaban J connectivity index is 2.80. The zero-order chi connectivity index (χ0) is 12.2. The van der Waals surface area contributed by atoms with Crippen LogP contribution in [0.3, 0.4) is 0 Å². The van der Waals surface area contributed by atoms with E-state index in [-0.39, 0.29) is 0 Å². The number of benzene rings is 1. The summed E-state index contributed by atoms with van der Waals surface area (Å²) >= 11 is 0. The number of carbonyl (C=O) groups is 2. The van der Waals surface area contributed by atoms with Crippen LogP contribution in [0.15, 0.2) is 36.4 Å². The van der Waals surface area contributed by atoms with Crippen molar-refractivity contribution in [1.82, 2.24) is 0 Å². The number of aliphatic carboxylic acids is 1. The highest BCUT2D eigenvalue weighted by molar-refractivity contribution is 6.12. The van der Waals surface area contributed by atoms with Crippen molar-refractivity contribution in [3.05, 3.63) is 42.0 Å². The molecule has 4 heteroatoms. The Hall–Kier alpha value is -1.94. The van der Waals surface area contributed by atoms with Gasteiger partial charge in [-0.05, 0) is 18.6 Å². The van der Waals surface area contributed by atoms with Gasteiger partial charge in [0.1, 0.15) is 0 Å². The van der Waals surface area contributed by atoms with Gasteiger partial charge in [-0.25, -0.2) is 4.79 Å². The molecule has 16 heavy (non-hydrogen) atoms. The van der Waals surface area contributed by atoms with E-state index in [2.05, 4.69) is 0 Å². The number of rotatable bonds is 4. The predicted molar refractivity (Wildman–Crippen MR) is 58.7 cm³/mol. The second-order valence-electron chi connectivity index (χ2n) is 3.49. The second kappa shape index (κ2) is 4.72. The van der Waals surface area contributed by atoms with Crippen molar-refractivity contribution in [3.8, 4) is 0 Å². The van der Waals surface area contributed by atoms with E-state index < -0.39 is 17.4 Å². The van der Waals surface area contributed by atoms with Gasteiger partial charge in [-0.1, -0.05) is 36.4 Å². The fourth-order valence-corrected chi connectivity index (χ4v) is 1.00. The van der Waals surface area contributed by atoms with Crippen LogP contribution >= 0.6 is 0 Å². The summed E-state index contributed by atoms with van der Waals surface area (Å²) in [6, 6.07) is 8.93. The molecule has 0 aromatic heterocycles. The fourth-order valence-electron chi connectivity index (χ4n) is 1.00. The molecular weight excluding hydrogens is 208 g/mol. The van der Waals surface area contributed by atoms with E-state index in [9.17, 15) is 14.7 Å². The third-order valence-electron chi connectivity index (χ3n) is 2.12. The van der Waals surface area contributed by atoms with Gasteiger partial charge in [0.2, 0.25) is 5.60 Å². The van der Waals surface area contributed by atoms with Gasteiger partial charge in [0, 0.05) is 0 Å². The minimum atomic E-state index is -2.37. The smallest absolute Gasteiger partial charge is 0.343 e. The molecule has 0 aliphatic rings. The minimum absolute atomic E-state index is 0.761. The Morgan fingerprint density at radius 1 is 1.25 bits per heavy atom. The summed E-state index contributed by atoms with van der Waals surface area (Å²) in [6.45, 7) is 0.951. The third-order valence-corrected chi connectivity index (χ3v) is 2.12. The number of hydrogen-bond acceptors (Lipinski definition) is 3.